The molecule has 2 aliphatic rings. The Morgan fingerprint density at radius 2 is 2.24 bits per heavy atom. The van der Waals surface area contributed by atoms with Gasteiger partial charge in [0.2, 0.25) is 0 Å². The van der Waals surface area contributed by atoms with Gasteiger partial charge in [-0.25, -0.2) is 9.97 Å². The van der Waals surface area contributed by atoms with Crippen LogP contribution in [-0.4, -0.2) is 43.2 Å². The van der Waals surface area contributed by atoms with Gasteiger partial charge in [-0.15, -0.1) is 0 Å². The smallest absolute Gasteiger partial charge is 0.274 e. The fourth-order valence-corrected chi connectivity index (χ4v) is 3.92. The van der Waals surface area contributed by atoms with E-state index in [-0.39, 0.29) is 18.1 Å². The van der Waals surface area contributed by atoms with Crippen molar-refractivity contribution in [2.75, 3.05) is 6.54 Å². The van der Waals surface area contributed by atoms with E-state index in [0.717, 1.165) is 41.9 Å². The van der Waals surface area contributed by atoms with Crippen molar-refractivity contribution in [2.45, 2.75) is 58.9 Å². The van der Waals surface area contributed by atoms with Crippen molar-refractivity contribution in [1.29, 1.82) is 0 Å². The van der Waals surface area contributed by atoms with Gasteiger partial charge in [-0.3, -0.25) is 9.48 Å². The number of fused-ring (bicyclic) bond motifs is 2. The number of aromatic nitrogens is 4. The molecule has 7 nitrogen and oxygen atoms in total. The van der Waals surface area contributed by atoms with Gasteiger partial charge >= 0.3 is 0 Å². The first kappa shape index (κ1) is 16.2. The summed E-state index contributed by atoms with van der Waals surface area (Å²) < 4.78 is 7.85. The molecule has 0 spiro atoms. The quantitative estimate of drug-likeness (QED) is 0.834. The third-order valence-corrected chi connectivity index (χ3v) is 5.06. The van der Waals surface area contributed by atoms with Crippen molar-refractivity contribution >= 4 is 5.91 Å². The Hall–Kier alpha value is -2.28. The molecule has 2 aliphatic heterocycles. The summed E-state index contributed by atoms with van der Waals surface area (Å²) in [6, 6.07) is 0. The highest BCUT2D eigenvalue weighted by atomic mass is 16.5. The predicted molar refractivity (Wildman–Crippen MR) is 91.0 cm³/mol. The number of hydrogen-bond donors (Lipinski definition) is 0. The Morgan fingerprint density at radius 3 is 3.04 bits per heavy atom. The number of aryl methyl sites for hydroxylation is 1. The molecule has 4 heterocycles. The minimum absolute atomic E-state index is 0.000692. The van der Waals surface area contributed by atoms with Crippen molar-refractivity contribution in [3.63, 3.8) is 0 Å². The van der Waals surface area contributed by atoms with Gasteiger partial charge in [-0.2, -0.15) is 5.10 Å². The summed E-state index contributed by atoms with van der Waals surface area (Å²) in [7, 11) is 0. The molecule has 0 fully saturated rings. The van der Waals surface area contributed by atoms with Crippen LogP contribution >= 0.6 is 0 Å². The molecule has 1 amide bonds. The summed E-state index contributed by atoms with van der Waals surface area (Å²) in [6.07, 6.45) is 4.92. The second-order valence-corrected chi connectivity index (χ2v) is 6.79. The van der Waals surface area contributed by atoms with E-state index in [1.54, 1.807) is 12.5 Å². The van der Waals surface area contributed by atoms with E-state index in [9.17, 15) is 4.79 Å². The van der Waals surface area contributed by atoms with Crippen molar-refractivity contribution < 1.29 is 9.53 Å². The Morgan fingerprint density at radius 1 is 1.40 bits per heavy atom. The third kappa shape index (κ3) is 2.72. The van der Waals surface area contributed by atoms with Crippen LogP contribution in [0.15, 0.2) is 12.5 Å². The van der Waals surface area contributed by atoms with Crippen LogP contribution in [0, 0.1) is 0 Å². The van der Waals surface area contributed by atoms with Crippen LogP contribution < -0.4 is 0 Å². The van der Waals surface area contributed by atoms with Gasteiger partial charge in [0, 0.05) is 49.8 Å². The minimum atomic E-state index is -0.0387. The summed E-state index contributed by atoms with van der Waals surface area (Å²) in [6.45, 7) is 8.06. The highest BCUT2D eigenvalue weighted by molar-refractivity contribution is 5.94. The summed E-state index contributed by atoms with van der Waals surface area (Å²) in [4.78, 5) is 23.4. The van der Waals surface area contributed by atoms with Crippen molar-refractivity contribution in [2.24, 2.45) is 0 Å². The van der Waals surface area contributed by atoms with Crippen molar-refractivity contribution in [1.82, 2.24) is 24.6 Å². The molecule has 0 unspecified atom stereocenters. The first-order valence-electron chi connectivity index (χ1n) is 8.90. The van der Waals surface area contributed by atoms with Crippen LogP contribution in [0.25, 0.3) is 0 Å². The molecular weight excluding hydrogens is 318 g/mol. The van der Waals surface area contributed by atoms with Gasteiger partial charge < -0.3 is 9.64 Å². The van der Waals surface area contributed by atoms with Crippen LogP contribution in [-0.2, 0) is 30.7 Å². The Kier molecular flexibility index (Phi) is 4.03. The van der Waals surface area contributed by atoms with E-state index >= 15 is 0 Å². The summed E-state index contributed by atoms with van der Waals surface area (Å²) in [5, 5.41) is 4.64. The van der Waals surface area contributed by atoms with E-state index < -0.39 is 0 Å². The van der Waals surface area contributed by atoms with Crippen LogP contribution in [0.3, 0.4) is 0 Å². The molecular formula is C18H23N5O2. The lowest BCUT2D eigenvalue weighted by Gasteiger charge is -2.29. The molecule has 0 saturated heterocycles. The molecule has 4 rings (SSSR count). The maximum absolute atomic E-state index is 13.2. The zero-order chi connectivity index (χ0) is 17.6. The molecule has 0 bridgehead atoms. The van der Waals surface area contributed by atoms with E-state index in [4.69, 9.17) is 4.74 Å². The highest BCUT2D eigenvalue weighted by Gasteiger charge is 2.34. The number of ether oxygens (including phenoxy) is 1. The average molecular weight is 341 g/mol. The van der Waals surface area contributed by atoms with Crippen LogP contribution in [0.5, 0.6) is 0 Å². The second kappa shape index (κ2) is 6.22. The number of carbonyl (C=O) groups is 1. The fraction of sp³-hybridized carbons (Fsp3) is 0.556. The standard InChI is InChI=1S/C18H23N5O2/c1-4-23-17-12(3)25-11(2)7-14(17)16(21-23)18(24)22-6-5-15-13(9-22)8-19-10-20-15/h8,10-12H,4-7,9H2,1-3H3/t11-,12+/m1/s1. The van der Waals surface area contributed by atoms with Crippen LogP contribution in [0.1, 0.15) is 59.9 Å². The van der Waals surface area contributed by atoms with Crippen LogP contribution in [0.4, 0.5) is 0 Å². The average Bonchev–Trinajstić information content (AvgIpc) is 2.99. The molecule has 0 saturated carbocycles. The molecule has 0 aliphatic carbocycles. The van der Waals surface area contributed by atoms with Gasteiger partial charge in [0.05, 0.1) is 23.6 Å². The zero-order valence-electron chi connectivity index (χ0n) is 14.9. The monoisotopic (exact) mass is 341 g/mol. The zero-order valence-corrected chi connectivity index (χ0v) is 14.9. The number of nitrogens with zero attached hydrogens (tertiary/aromatic N) is 5. The summed E-state index contributed by atoms with van der Waals surface area (Å²) >= 11 is 0. The van der Waals surface area contributed by atoms with Gasteiger partial charge in [0.25, 0.3) is 5.91 Å². The number of carbonyl (C=O) groups excluding carboxylic acids is 1. The van der Waals surface area contributed by atoms with Crippen molar-refractivity contribution in [3.8, 4) is 0 Å². The van der Waals surface area contributed by atoms with Crippen molar-refractivity contribution in [3.05, 3.63) is 40.7 Å². The largest absolute Gasteiger partial charge is 0.369 e. The molecule has 0 aromatic carbocycles. The van der Waals surface area contributed by atoms with E-state index in [0.29, 0.717) is 18.8 Å². The van der Waals surface area contributed by atoms with E-state index in [1.807, 2.05) is 30.4 Å². The molecule has 0 N–H and O–H groups in total. The SMILES string of the molecule is CCn1nc(C(=O)N2CCc3ncncc3C2)c2c1[C@H](C)O[C@H](C)C2. The van der Waals surface area contributed by atoms with Gasteiger partial charge in [0.1, 0.15) is 6.33 Å². The molecule has 0 radical (unpaired) electrons. The summed E-state index contributed by atoms with van der Waals surface area (Å²) in [5.41, 5.74) is 4.74. The molecule has 2 atom stereocenters. The number of hydrogen-bond acceptors (Lipinski definition) is 5. The minimum Gasteiger partial charge on any atom is -0.369 e. The molecule has 7 heteroatoms. The maximum atomic E-state index is 13.2. The normalized spacial score (nSPS) is 22.4. The van der Waals surface area contributed by atoms with Gasteiger partial charge in [0.15, 0.2) is 5.69 Å². The van der Waals surface area contributed by atoms with Gasteiger partial charge in [-0.1, -0.05) is 0 Å². The molecule has 25 heavy (non-hydrogen) atoms. The summed E-state index contributed by atoms with van der Waals surface area (Å²) in [5.74, 6) is -0.000692. The third-order valence-electron chi connectivity index (χ3n) is 5.06. The van der Waals surface area contributed by atoms with Gasteiger partial charge in [-0.05, 0) is 20.8 Å². The Labute approximate surface area is 147 Å². The number of rotatable bonds is 2. The predicted octanol–water partition coefficient (Wildman–Crippen LogP) is 1.91. The van der Waals surface area contributed by atoms with E-state index in [2.05, 4.69) is 15.1 Å². The first-order chi connectivity index (χ1) is 12.1. The van der Waals surface area contributed by atoms with E-state index in [1.165, 1.54) is 0 Å². The Balaban J connectivity index is 1.68. The first-order valence-corrected chi connectivity index (χ1v) is 8.90. The lowest BCUT2D eigenvalue weighted by atomic mass is 9.98. The molecule has 2 aromatic rings. The topological polar surface area (TPSA) is 73.1 Å². The maximum Gasteiger partial charge on any atom is 0.274 e. The fourth-order valence-electron chi connectivity index (χ4n) is 3.92. The number of amides is 1. The highest BCUT2D eigenvalue weighted by Crippen LogP contribution is 2.33. The lowest BCUT2D eigenvalue weighted by molar-refractivity contribution is -0.00952. The Bertz CT molecular complexity index is 816. The lowest BCUT2D eigenvalue weighted by Crippen LogP contribution is -2.37. The molecule has 2 aromatic heterocycles. The molecule has 132 valence electrons. The van der Waals surface area contributed by atoms with Crippen LogP contribution in [0.2, 0.25) is 0 Å². The second-order valence-electron chi connectivity index (χ2n) is 6.79.